The normalized spacial score (nSPS) is 12.8. The van der Waals surface area contributed by atoms with E-state index >= 15 is 0 Å². The van der Waals surface area contributed by atoms with Crippen LogP contribution in [-0.4, -0.2) is 17.0 Å². The molecule has 4 heteroatoms. The van der Waals surface area contributed by atoms with Gasteiger partial charge in [0.05, 0.1) is 6.21 Å². The van der Waals surface area contributed by atoms with Gasteiger partial charge < -0.3 is 5.73 Å². The predicted octanol–water partition coefficient (Wildman–Crippen LogP) is 3.12. The molecule has 1 aromatic heterocycles. The highest BCUT2D eigenvalue weighted by atomic mass is 15.2. The molecule has 0 atom stereocenters. The molecule has 2 aromatic rings. The first-order chi connectivity index (χ1) is 9.97. The average Bonchev–Trinajstić information content (AvgIpc) is 2.47. The third-order valence-corrected chi connectivity index (χ3v) is 3.13. The van der Waals surface area contributed by atoms with Crippen LogP contribution in [0.25, 0.3) is 0 Å². The predicted molar refractivity (Wildman–Crippen MR) is 87.7 cm³/mol. The van der Waals surface area contributed by atoms with Crippen molar-refractivity contribution in [1.29, 1.82) is 0 Å². The molecule has 108 valence electrons. The minimum absolute atomic E-state index is 0.152. The standard InChI is InChI=1S/C17H20N4/c1-17(2,3)15-6-4-13(5-7-15)12-20-21-16(18)14-8-10-19-11-9-14/h4-12H,1-3H3,(H2,18,21)/b20-12+. The lowest BCUT2D eigenvalue weighted by Crippen LogP contribution is -2.12. The first-order valence-corrected chi connectivity index (χ1v) is 6.84. The Labute approximate surface area is 125 Å². The number of hydrogen-bond acceptors (Lipinski definition) is 3. The second-order valence-electron chi connectivity index (χ2n) is 5.84. The molecule has 0 saturated carbocycles. The highest BCUT2D eigenvalue weighted by Gasteiger charge is 2.12. The van der Waals surface area contributed by atoms with E-state index in [0.717, 1.165) is 11.1 Å². The summed E-state index contributed by atoms with van der Waals surface area (Å²) >= 11 is 0. The fourth-order valence-electron chi connectivity index (χ4n) is 1.81. The van der Waals surface area contributed by atoms with Crippen molar-refractivity contribution in [2.75, 3.05) is 0 Å². The van der Waals surface area contributed by atoms with Crippen LogP contribution in [0.15, 0.2) is 59.0 Å². The van der Waals surface area contributed by atoms with Gasteiger partial charge in [0.2, 0.25) is 0 Å². The summed E-state index contributed by atoms with van der Waals surface area (Å²) in [6, 6.07) is 11.9. The maximum absolute atomic E-state index is 5.85. The van der Waals surface area contributed by atoms with Crippen molar-refractivity contribution in [1.82, 2.24) is 4.98 Å². The van der Waals surface area contributed by atoms with Crippen LogP contribution >= 0.6 is 0 Å². The van der Waals surface area contributed by atoms with Gasteiger partial charge in [0, 0.05) is 18.0 Å². The van der Waals surface area contributed by atoms with Gasteiger partial charge in [-0.3, -0.25) is 4.98 Å². The smallest absolute Gasteiger partial charge is 0.153 e. The van der Waals surface area contributed by atoms with Crippen molar-refractivity contribution < 1.29 is 0 Å². The fraction of sp³-hybridized carbons (Fsp3) is 0.235. The van der Waals surface area contributed by atoms with Gasteiger partial charge in [0.15, 0.2) is 5.84 Å². The SMILES string of the molecule is CC(C)(C)c1ccc(/C=N/N=C(\N)c2ccncc2)cc1. The van der Waals surface area contributed by atoms with Gasteiger partial charge in [-0.15, -0.1) is 5.10 Å². The molecule has 0 aliphatic rings. The lowest BCUT2D eigenvalue weighted by molar-refractivity contribution is 0.590. The van der Waals surface area contributed by atoms with Crippen LogP contribution in [0.4, 0.5) is 0 Å². The van der Waals surface area contributed by atoms with Crippen molar-refractivity contribution in [3.63, 3.8) is 0 Å². The summed E-state index contributed by atoms with van der Waals surface area (Å²) in [4.78, 5) is 3.93. The Morgan fingerprint density at radius 1 is 1.05 bits per heavy atom. The summed E-state index contributed by atoms with van der Waals surface area (Å²) in [5, 5.41) is 8.02. The molecule has 21 heavy (non-hydrogen) atoms. The lowest BCUT2D eigenvalue weighted by Gasteiger charge is -2.18. The van der Waals surface area contributed by atoms with E-state index in [2.05, 4.69) is 48.1 Å². The molecule has 4 nitrogen and oxygen atoms in total. The van der Waals surface area contributed by atoms with Gasteiger partial charge in [0.1, 0.15) is 0 Å². The molecule has 0 unspecified atom stereocenters. The molecule has 0 fully saturated rings. The van der Waals surface area contributed by atoms with Crippen LogP contribution in [0.1, 0.15) is 37.5 Å². The van der Waals surface area contributed by atoms with E-state index in [0.29, 0.717) is 5.84 Å². The second kappa shape index (κ2) is 6.31. The van der Waals surface area contributed by atoms with Crippen LogP contribution < -0.4 is 5.73 Å². The number of nitrogens with two attached hydrogens (primary N) is 1. The average molecular weight is 280 g/mol. The molecule has 2 N–H and O–H groups in total. The van der Waals surface area contributed by atoms with Crippen molar-refractivity contribution in [2.24, 2.45) is 15.9 Å². The molecule has 1 aromatic carbocycles. The number of nitrogens with zero attached hydrogens (tertiary/aromatic N) is 3. The number of amidine groups is 1. The van der Waals surface area contributed by atoms with E-state index in [1.165, 1.54) is 5.56 Å². The van der Waals surface area contributed by atoms with Crippen LogP contribution in [0, 0.1) is 0 Å². The molecule has 0 bridgehead atoms. The molecule has 1 heterocycles. The molecule has 0 saturated heterocycles. The lowest BCUT2D eigenvalue weighted by atomic mass is 9.87. The molecular weight excluding hydrogens is 260 g/mol. The Morgan fingerprint density at radius 3 is 2.24 bits per heavy atom. The maximum Gasteiger partial charge on any atom is 0.153 e. The Morgan fingerprint density at radius 2 is 1.67 bits per heavy atom. The summed E-state index contributed by atoms with van der Waals surface area (Å²) in [6.07, 6.45) is 5.04. The second-order valence-corrected chi connectivity index (χ2v) is 5.84. The zero-order chi connectivity index (χ0) is 15.3. The monoisotopic (exact) mass is 280 g/mol. The number of benzene rings is 1. The summed E-state index contributed by atoms with van der Waals surface area (Å²) in [5.74, 6) is 0.375. The first kappa shape index (κ1) is 14.9. The summed E-state index contributed by atoms with van der Waals surface area (Å²) in [7, 11) is 0. The van der Waals surface area contributed by atoms with Gasteiger partial charge >= 0.3 is 0 Å². The van der Waals surface area contributed by atoms with Crippen LogP contribution in [-0.2, 0) is 5.41 Å². The molecular formula is C17H20N4. The Kier molecular flexibility index (Phi) is 4.48. The van der Waals surface area contributed by atoms with Crippen LogP contribution in [0.2, 0.25) is 0 Å². The highest BCUT2D eigenvalue weighted by Crippen LogP contribution is 2.21. The summed E-state index contributed by atoms with van der Waals surface area (Å²) in [5.41, 5.74) is 9.10. The summed E-state index contributed by atoms with van der Waals surface area (Å²) in [6.45, 7) is 6.57. The minimum atomic E-state index is 0.152. The Hall–Kier alpha value is -2.49. The molecule has 0 aliphatic carbocycles. The highest BCUT2D eigenvalue weighted by molar-refractivity contribution is 5.97. The van der Waals surface area contributed by atoms with Gasteiger partial charge in [-0.2, -0.15) is 5.10 Å². The third kappa shape index (κ3) is 4.24. The summed E-state index contributed by atoms with van der Waals surface area (Å²) < 4.78 is 0. The van der Waals surface area contributed by atoms with E-state index in [1.54, 1.807) is 30.7 Å². The number of aromatic nitrogens is 1. The van der Waals surface area contributed by atoms with Crippen LogP contribution in [0.3, 0.4) is 0 Å². The zero-order valence-corrected chi connectivity index (χ0v) is 12.6. The Balaban J connectivity index is 2.08. The van der Waals surface area contributed by atoms with Gasteiger partial charge in [-0.25, -0.2) is 0 Å². The topological polar surface area (TPSA) is 63.6 Å². The number of rotatable bonds is 3. The first-order valence-electron chi connectivity index (χ1n) is 6.84. The quantitative estimate of drug-likeness (QED) is 0.533. The van der Waals surface area contributed by atoms with E-state index in [4.69, 9.17) is 5.73 Å². The van der Waals surface area contributed by atoms with E-state index in [1.807, 2.05) is 12.1 Å². The van der Waals surface area contributed by atoms with Gasteiger partial charge in [-0.05, 0) is 28.7 Å². The van der Waals surface area contributed by atoms with Crippen molar-refractivity contribution >= 4 is 12.1 Å². The van der Waals surface area contributed by atoms with Crippen LogP contribution in [0.5, 0.6) is 0 Å². The molecule has 0 amide bonds. The Bertz CT molecular complexity index is 635. The molecule has 2 rings (SSSR count). The van der Waals surface area contributed by atoms with E-state index < -0.39 is 0 Å². The number of pyridine rings is 1. The maximum atomic E-state index is 5.85. The van der Waals surface area contributed by atoms with E-state index in [9.17, 15) is 0 Å². The third-order valence-electron chi connectivity index (χ3n) is 3.13. The number of hydrogen-bond donors (Lipinski definition) is 1. The van der Waals surface area contributed by atoms with Gasteiger partial charge in [-0.1, -0.05) is 45.0 Å². The van der Waals surface area contributed by atoms with Crippen molar-refractivity contribution in [3.05, 3.63) is 65.5 Å². The van der Waals surface area contributed by atoms with Gasteiger partial charge in [0.25, 0.3) is 0 Å². The molecule has 0 aliphatic heterocycles. The van der Waals surface area contributed by atoms with Crippen molar-refractivity contribution in [3.8, 4) is 0 Å². The minimum Gasteiger partial charge on any atom is -0.382 e. The zero-order valence-electron chi connectivity index (χ0n) is 12.6. The van der Waals surface area contributed by atoms with Crippen molar-refractivity contribution in [2.45, 2.75) is 26.2 Å². The molecule has 0 spiro atoms. The van der Waals surface area contributed by atoms with E-state index in [-0.39, 0.29) is 5.41 Å². The fourth-order valence-corrected chi connectivity index (χ4v) is 1.81. The molecule has 0 radical (unpaired) electrons. The largest absolute Gasteiger partial charge is 0.382 e.